The number of nitrogens with zero attached hydrogens (tertiary/aromatic N) is 2. The molecular formula is C15H26N2O. The lowest BCUT2D eigenvalue weighted by molar-refractivity contribution is 0.169. The SMILES string of the molecule is CCC(O)c1ccc(N(C)C(C)C(C)(C)C)cn1. The first-order chi connectivity index (χ1) is 8.27. The van der Waals surface area contributed by atoms with Crippen molar-refractivity contribution in [1.29, 1.82) is 0 Å². The molecule has 0 saturated heterocycles. The smallest absolute Gasteiger partial charge is 0.0957 e. The molecule has 0 bridgehead atoms. The summed E-state index contributed by atoms with van der Waals surface area (Å²) in [4.78, 5) is 6.57. The van der Waals surface area contributed by atoms with E-state index in [-0.39, 0.29) is 5.41 Å². The van der Waals surface area contributed by atoms with Crippen molar-refractivity contribution in [2.45, 2.75) is 53.2 Å². The zero-order valence-corrected chi connectivity index (χ0v) is 12.4. The van der Waals surface area contributed by atoms with Gasteiger partial charge >= 0.3 is 0 Å². The molecule has 2 unspecified atom stereocenters. The molecule has 3 heteroatoms. The van der Waals surface area contributed by atoms with E-state index in [1.54, 1.807) is 0 Å². The molecule has 0 saturated carbocycles. The standard InChI is InChI=1S/C15H26N2O/c1-7-14(18)13-9-8-12(10-16-13)17(6)11(2)15(3,4)5/h8-11,14,18H,7H2,1-6H3. The summed E-state index contributed by atoms with van der Waals surface area (Å²) in [6, 6.07) is 4.36. The highest BCUT2D eigenvalue weighted by Crippen LogP contribution is 2.27. The van der Waals surface area contributed by atoms with E-state index in [0.29, 0.717) is 12.5 Å². The Morgan fingerprint density at radius 1 is 1.33 bits per heavy atom. The van der Waals surface area contributed by atoms with Crippen molar-refractivity contribution in [2.75, 3.05) is 11.9 Å². The maximum atomic E-state index is 9.72. The first kappa shape index (κ1) is 15.0. The topological polar surface area (TPSA) is 36.4 Å². The van der Waals surface area contributed by atoms with Crippen LogP contribution in [0.4, 0.5) is 5.69 Å². The van der Waals surface area contributed by atoms with Crippen LogP contribution < -0.4 is 4.90 Å². The Morgan fingerprint density at radius 2 is 1.94 bits per heavy atom. The molecule has 0 amide bonds. The van der Waals surface area contributed by atoms with Crippen LogP contribution in [0, 0.1) is 5.41 Å². The summed E-state index contributed by atoms with van der Waals surface area (Å²) in [6.45, 7) is 10.9. The molecule has 1 aromatic rings. The van der Waals surface area contributed by atoms with Gasteiger partial charge in [0.1, 0.15) is 0 Å². The van der Waals surface area contributed by atoms with E-state index >= 15 is 0 Å². The van der Waals surface area contributed by atoms with Gasteiger partial charge in [0.25, 0.3) is 0 Å². The van der Waals surface area contributed by atoms with Gasteiger partial charge < -0.3 is 10.0 Å². The Hall–Kier alpha value is -1.09. The molecule has 0 aromatic carbocycles. The van der Waals surface area contributed by atoms with Crippen molar-refractivity contribution >= 4 is 5.69 Å². The number of aliphatic hydroxyl groups is 1. The number of hydrogen-bond donors (Lipinski definition) is 1. The van der Waals surface area contributed by atoms with Gasteiger partial charge in [-0.1, -0.05) is 27.7 Å². The predicted molar refractivity (Wildman–Crippen MR) is 76.8 cm³/mol. The highest BCUT2D eigenvalue weighted by molar-refractivity contribution is 5.45. The molecular weight excluding hydrogens is 224 g/mol. The lowest BCUT2D eigenvalue weighted by atomic mass is 9.87. The third-order valence-electron chi connectivity index (χ3n) is 3.74. The minimum atomic E-state index is -0.454. The zero-order chi connectivity index (χ0) is 13.9. The Morgan fingerprint density at radius 3 is 2.33 bits per heavy atom. The Kier molecular flexibility index (Phi) is 4.74. The predicted octanol–water partition coefficient (Wildman–Crippen LogP) is 3.40. The van der Waals surface area contributed by atoms with E-state index in [1.165, 1.54) is 0 Å². The van der Waals surface area contributed by atoms with Crippen LogP contribution in [0.3, 0.4) is 0 Å². The number of pyridine rings is 1. The van der Waals surface area contributed by atoms with Crippen LogP contribution in [-0.4, -0.2) is 23.2 Å². The Labute approximate surface area is 111 Å². The fourth-order valence-electron chi connectivity index (χ4n) is 1.82. The fraction of sp³-hybridized carbons (Fsp3) is 0.667. The van der Waals surface area contributed by atoms with Crippen molar-refractivity contribution in [1.82, 2.24) is 4.98 Å². The Balaban J connectivity index is 2.85. The van der Waals surface area contributed by atoms with Gasteiger partial charge in [0.2, 0.25) is 0 Å². The normalized spacial score (nSPS) is 15.3. The van der Waals surface area contributed by atoms with Crippen LogP contribution in [0.1, 0.15) is 52.8 Å². The summed E-state index contributed by atoms with van der Waals surface area (Å²) in [5, 5.41) is 9.72. The lowest BCUT2D eigenvalue weighted by Crippen LogP contribution is -2.39. The quantitative estimate of drug-likeness (QED) is 0.889. The summed E-state index contributed by atoms with van der Waals surface area (Å²) >= 11 is 0. The van der Waals surface area contributed by atoms with Gasteiger partial charge in [-0.15, -0.1) is 0 Å². The molecule has 0 fully saturated rings. The average Bonchev–Trinajstić information content (AvgIpc) is 2.35. The van der Waals surface area contributed by atoms with Crippen LogP contribution in [0.5, 0.6) is 0 Å². The molecule has 1 N–H and O–H groups in total. The number of aliphatic hydroxyl groups excluding tert-OH is 1. The molecule has 0 aliphatic rings. The third-order valence-corrected chi connectivity index (χ3v) is 3.74. The van der Waals surface area contributed by atoms with Gasteiger partial charge in [0, 0.05) is 13.1 Å². The van der Waals surface area contributed by atoms with Gasteiger partial charge in [0.05, 0.1) is 23.7 Å². The second-order valence-electron chi connectivity index (χ2n) is 6.02. The third kappa shape index (κ3) is 3.45. The van der Waals surface area contributed by atoms with E-state index < -0.39 is 6.10 Å². The largest absolute Gasteiger partial charge is 0.387 e. The van der Waals surface area contributed by atoms with Gasteiger partial charge in [-0.3, -0.25) is 4.98 Å². The first-order valence-corrected chi connectivity index (χ1v) is 6.64. The van der Waals surface area contributed by atoms with E-state index in [2.05, 4.69) is 44.6 Å². The van der Waals surface area contributed by atoms with Crippen LogP contribution in [-0.2, 0) is 0 Å². The van der Waals surface area contributed by atoms with Crippen molar-refractivity contribution in [3.05, 3.63) is 24.0 Å². The van der Waals surface area contributed by atoms with Crippen molar-refractivity contribution in [3.63, 3.8) is 0 Å². The minimum Gasteiger partial charge on any atom is -0.387 e. The summed E-state index contributed by atoms with van der Waals surface area (Å²) in [5.41, 5.74) is 2.05. The number of aromatic nitrogens is 1. The molecule has 1 aromatic heterocycles. The van der Waals surface area contributed by atoms with Crippen LogP contribution in [0.2, 0.25) is 0 Å². The summed E-state index contributed by atoms with van der Waals surface area (Å²) in [7, 11) is 2.09. The van der Waals surface area contributed by atoms with Crippen molar-refractivity contribution < 1.29 is 5.11 Å². The van der Waals surface area contributed by atoms with Gasteiger partial charge in [0.15, 0.2) is 0 Å². The van der Waals surface area contributed by atoms with Gasteiger partial charge in [-0.25, -0.2) is 0 Å². The van der Waals surface area contributed by atoms with Crippen LogP contribution >= 0.6 is 0 Å². The summed E-state index contributed by atoms with van der Waals surface area (Å²) in [6.07, 6.45) is 2.08. The first-order valence-electron chi connectivity index (χ1n) is 6.64. The number of hydrogen-bond acceptors (Lipinski definition) is 3. The monoisotopic (exact) mass is 250 g/mol. The lowest BCUT2D eigenvalue weighted by Gasteiger charge is -2.36. The molecule has 2 atom stereocenters. The number of anilines is 1. The second-order valence-corrected chi connectivity index (χ2v) is 6.02. The molecule has 102 valence electrons. The maximum absolute atomic E-state index is 9.72. The Bertz CT molecular complexity index is 367. The molecule has 0 radical (unpaired) electrons. The summed E-state index contributed by atoms with van der Waals surface area (Å²) < 4.78 is 0. The van der Waals surface area contributed by atoms with E-state index in [4.69, 9.17) is 0 Å². The number of rotatable bonds is 4. The fourth-order valence-corrected chi connectivity index (χ4v) is 1.82. The molecule has 18 heavy (non-hydrogen) atoms. The van der Waals surface area contributed by atoms with E-state index in [1.807, 2.05) is 25.3 Å². The van der Waals surface area contributed by atoms with Crippen molar-refractivity contribution in [3.8, 4) is 0 Å². The van der Waals surface area contributed by atoms with Crippen LogP contribution in [0.15, 0.2) is 18.3 Å². The molecule has 1 rings (SSSR count). The van der Waals surface area contributed by atoms with Crippen LogP contribution in [0.25, 0.3) is 0 Å². The molecule has 1 heterocycles. The highest BCUT2D eigenvalue weighted by Gasteiger charge is 2.24. The molecule has 3 nitrogen and oxygen atoms in total. The van der Waals surface area contributed by atoms with Gasteiger partial charge in [-0.05, 0) is 30.9 Å². The second kappa shape index (κ2) is 5.70. The van der Waals surface area contributed by atoms with Gasteiger partial charge in [-0.2, -0.15) is 0 Å². The molecule has 0 aliphatic heterocycles. The highest BCUT2D eigenvalue weighted by atomic mass is 16.3. The minimum absolute atomic E-state index is 0.219. The zero-order valence-electron chi connectivity index (χ0n) is 12.4. The van der Waals surface area contributed by atoms with E-state index in [9.17, 15) is 5.11 Å². The molecule has 0 spiro atoms. The average molecular weight is 250 g/mol. The summed E-state index contributed by atoms with van der Waals surface area (Å²) in [5.74, 6) is 0. The maximum Gasteiger partial charge on any atom is 0.0957 e. The molecule has 0 aliphatic carbocycles. The van der Waals surface area contributed by atoms with Crippen molar-refractivity contribution in [2.24, 2.45) is 5.41 Å². The van der Waals surface area contributed by atoms with E-state index in [0.717, 1.165) is 11.4 Å².